The van der Waals surface area contributed by atoms with E-state index in [0.717, 1.165) is 25.1 Å². The summed E-state index contributed by atoms with van der Waals surface area (Å²) in [5, 5.41) is 0. The average Bonchev–Trinajstić information content (AvgIpc) is 2.93. The number of nitrogens with zero attached hydrogens (tertiary/aromatic N) is 1. The smallest absolute Gasteiger partial charge is 0.224 e. The molecule has 1 unspecified atom stereocenters. The van der Waals surface area contributed by atoms with Crippen molar-refractivity contribution in [3.8, 4) is 0 Å². The standard InChI is InChI=1S/C15H22N2O2/c16-10-14-6-8-17(11-14)15(18)7-9-19-12-13-4-2-1-3-5-13/h1-5,14H,6-12,16H2. The molecule has 1 aliphatic heterocycles. The predicted molar refractivity (Wildman–Crippen MR) is 74.5 cm³/mol. The highest BCUT2D eigenvalue weighted by Crippen LogP contribution is 2.15. The lowest BCUT2D eigenvalue weighted by Gasteiger charge is -2.16. The molecule has 2 N–H and O–H groups in total. The van der Waals surface area contributed by atoms with Crippen LogP contribution >= 0.6 is 0 Å². The van der Waals surface area contributed by atoms with Crippen LogP contribution in [0.5, 0.6) is 0 Å². The first-order valence-electron chi connectivity index (χ1n) is 6.89. The maximum Gasteiger partial charge on any atom is 0.224 e. The monoisotopic (exact) mass is 262 g/mol. The summed E-state index contributed by atoms with van der Waals surface area (Å²) in [4.78, 5) is 13.8. The first-order chi connectivity index (χ1) is 9.29. The van der Waals surface area contributed by atoms with Crippen LogP contribution in [0.4, 0.5) is 0 Å². The van der Waals surface area contributed by atoms with Crippen molar-refractivity contribution in [2.45, 2.75) is 19.4 Å². The maximum absolute atomic E-state index is 11.9. The van der Waals surface area contributed by atoms with E-state index in [1.54, 1.807) is 0 Å². The van der Waals surface area contributed by atoms with Gasteiger partial charge in [-0.15, -0.1) is 0 Å². The summed E-state index contributed by atoms with van der Waals surface area (Å²) in [6.45, 7) is 3.39. The molecule has 1 atom stereocenters. The SMILES string of the molecule is NCC1CCN(C(=O)CCOCc2ccccc2)C1. The summed E-state index contributed by atoms with van der Waals surface area (Å²) >= 11 is 0. The summed E-state index contributed by atoms with van der Waals surface area (Å²) in [6, 6.07) is 10.00. The van der Waals surface area contributed by atoms with Gasteiger partial charge in [0.2, 0.25) is 5.91 Å². The normalized spacial score (nSPS) is 18.8. The lowest BCUT2D eigenvalue weighted by atomic mass is 10.1. The zero-order valence-electron chi connectivity index (χ0n) is 11.3. The second-order valence-electron chi connectivity index (χ2n) is 5.02. The van der Waals surface area contributed by atoms with E-state index in [4.69, 9.17) is 10.5 Å². The van der Waals surface area contributed by atoms with Crippen molar-refractivity contribution < 1.29 is 9.53 Å². The van der Waals surface area contributed by atoms with Gasteiger partial charge < -0.3 is 15.4 Å². The van der Waals surface area contributed by atoms with Crippen molar-refractivity contribution in [3.05, 3.63) is 35.9 Å². The van der Waals surface area contributed by atoms with Gasteiger partial charge in [0.05, 0.1) is 19.6 Å². The summed E-state index contributed by atoms with van der Waals surface area (Å²) in [7, 11) is 0. The molecule has 104 valence electrons. The summed E-state index contributed by atoms with van der Waals surface area (Å²) in [6.07, 6.45) is 1.50. The van der Waals surface area contributed by atoms with E-state index in [1.165, 1.54) is 0 Å². The van der Waals surface area contributed by atoms with E-state index >= 15 is 0 Å². The second-order valence-corrected chi connectivity index (χ2v) is 5.02. The van der Waals surface area contributed by atoms with Crippen molar-refractivity contribution in [1.82, 2.24) is 4.90 Å². The first kappa shape index (κ1) is 14.0. The minimum absolute atomic E-state index is 0.184. The molecule has 0 radical (unpaired) electrons. The fourth-order valence-corrected chi connectivity index (χ4v) is 2.33. The van der Waals surface area contributed by atoms with Crippen LogP contribution in [0.2, 0.25) is 0 Å². The van der Waals surface area contributed by atoms with Crippen molar-refractivity contribution in [1.29, 1.82) is 0 Å². The predicted octanol–water partition coefficient (Wildman–Crippen LogP) is 1.40. The van der Waals surface area contributed by atoms with Crippen molar-refractivity contribution in [2.75, 3.05) is 26.2 Å². The third kappa shape index (κ3) is 4.33. The third-order valence-electron chi connectivity index (χ3n) is 3.54. The molecule has 1 heterocycles. The average molecular weight is 262 g/mol. The highest BCUT2D eigenvalue weighted by molar-refractivity contribution is 5.76. The van der Waals surface area contributed by atoms with Gasteiger partial charge in [-0.1, -0.05) is 30.3 Å². The fourth-order valence-electron chi connectivity index (χ4n) is 2.33. The number of ether oxygens (including phenoxy) is 1. The third-order valence-corrected chi connectivity index (χ3v) is 3.54. The number of carbonyl (C=O) groups is 1. The fraction of sp³-hybridized carbons (Fsp3) is 0.533. The van der Waals surface area contributed by atoms with Crippen LogP contribution in [-0.4, -0.2) is 37.0 Å². The van der Waals surface area contributed by atoms with Crippen molar-refractivity contribution in [3.63, 3.8) is 0 Å². The van der Waals surface area contributed by atoms with Crippen LogP contribution in [-0.2, 0) is 16.1 Å². The minimum Gasteiger partial charge on any atom is -0.376 e. The number of hydrogen-bond acceptors (Lipinski definition) is 3. The summed E-state index contributed by atoms with van der Waals surface area (Å²) in [5.41, 5.74) is 6.76. The molecule has 2 rings (SSSR count). The minimum atomic E-state index is 0.184. The number of rotatable bonds is 6. The number of likely N-dealkylation sites (tertiary alicyclic amines) is 1. The van der Waals surface area contributed by atoms with E-state index in [-0.39, 0.29) is 5.91 Å². The van der Waals surface area contributed by atoms with Gasteiger partial charge in [-0.05, 0) is 24.4 Å². The Bertz CT molecular complexity index is 394. The van der Waals surface area contributed by atoms with Crippen molar-refractivity contribution >= 4 is 5.91 Å². The maximum atomic E-state index is 11.9. The van der Waals surface area contributed by atoms with Gasteiger partial charge in [-0.3, -0.25) is 4.79 Å². The molecule has 1 fully saturated rings. The molecule has 19 heavy (non-hydrogen) atoms. The van der Waals surface area contributed by atoms with Gasteiger partial charge in [0.15, 0.2) is 0 Å². The van der Waals surface area contributed by atoms with Gasteiger partial charge in [-0.25, -0.2) is 0 Å². The Labute approximate surface area is 114 Å². The summed E-state index contributed by atoms with van der Waals surface area (Å²) < 4.78 is 5.53. The van der Waals surface area contributed by atoms with Gasteiger partial charge >= 0.3 is 0 Å². The number of amides is 1. The van der Waals surface area contributed by atoms with Crippen LogP contribution in [0.3, 0.4) is 0 Å². The topological polar surface area (TPSA) is 55.6 Å². The Morgan fingerprint density at radius 2 is 2.16 bits per heavy atom. The van der Waals surface area contributed by atoms with Crippen LogP contribution < -0.4 is 5.73 Å². The highest BCUT2D eigenvalue weighted by atomic mass is 16.5. The van der Waals surface area contributed by atoms with Crippen LogP contribution in [0, 0.1) is 5.92 Å². The van der Waals surface area contributed by atoms with E-state index in [2.05, 4.69) is 0 Å². The Kier molecular flexibility index (Phi) is 5.36. The van der Waals surface area contributed by atoms with Gasteiger partial charge in [0, 0.05) is 13.1 Å². The molecular weight excluding hydrogens is 240 g/mol. The molecule has 1 amide bonds. The largest absolute Gasteiger partial charge is 0.376 e. The van der Waals surface area contributed by atoms with Crippen LogP contribution in [0.15, 0.2) is 30.3 Å². The van der Waals surface area contributed by atoms with Gasteiger partial charge in [0.25, 0.3) is 0 Å². The molecule has 0 spiro atoms. The van der Waals surface area contributed by atoms with Crippen LogP contribution in [0.1, 0.15) is 18.4 Å². The lowest BCUT2D eigenvalue weighted by molar-refractivity contribution is -0.131. The molecule has 0 bridgehead atoms. The van der Waals surface area contributed by atoms with E-state index < -0.39 is 0 Å². The first-order valence-corrected chi connectivity index (χ1v) is 6.89. The Balaban J connectivity index is 1.62. The van der Waals surface area contributed by atoms with Gasteiger partial charge in [-0.2, -0.15) is 0 Å². The molecule has 0 aromatic heterocycles. The molecule has 0 saturated carbocycles. The molecule has 1 saturated heterocycles. The molecule has 4 heteroatoms. The molecule has 4 nitrogen and oxygen atoms in total. The van der Waals surface area contributed by atoms with Gasteiger partial charge in [0.1, 0.15) is 0 Å². The van der Waals surface area contributed by atoms with Crippen LogP contribution in [0.25, 0.3) is 0 Å². The van der Waals surface area contributed by atoms with E-state index in [0.29, 0.717) is 32.1 Å². The molecule has 1 aromatic carbocycles. The van der Waals surface area contributed by atoms with E-state index in [1.807, 2.05) is 35.2 Å². The molecule has 1 aliphatic rings. The molecular formula is C15H22N2O2. The summed E-state index contributed by atoms with van der Waals surface area (Å²) in [5.74, 6) is 0.665. The zero-order valence-corrected chi connectivity index (χ0v) is 11.3. The zero-order chi connectivity index (χ0) is 13.5. The molecule has 0 aliphatic carbocycles. The molecule has 1 aromatic rings. The Morgan fingerprint density at radius 3 is 2.84 bits per heavy atom. The number of carbonyl (C=O) groups excluding carboxylic acids is 1. The number of nitrogens with two attached hydrogens (primary N) is 1. The van der Waals surface area contributed by atoms with Crippen molar-refractivity contribution in [2.24, 2.45) is 11.7 Å². The quantitative estimate of drug-likeness (QED) is 0.788. The Hall–Kier alpha value is -1.39. The van der Waals surface area contributed by atoms with E-state index in [9.17, 15) is 4.79 Å². The Morgan fingerprint density at radius 1 is 1.37 bits per heavy atom. The number of benzene rings is 1. The number of hydrogen-bond donors (Lipinski definition) is 1. The lowest BCUT2D eigenvalue weighted by Crippen LogP contribution is -2.30. The second kappa shape index (κ2) is 7.26. The highest BCUT2D eigenvalue weighted by Gasteiger charge is 2.24.